The predicted molar refractivity (Wildman–Crippen MR) is 119 cm³/mol. The average Bonchev–Trinajstić information content (AvgIpc) is 3.47. The van der Waals surface area contributed by atoms with E-state index in [0.29, 0.717) is 11.3 Å². The van der Waals surface area contributed by atoms with Crippen LogP contribution in [0.15, 0.2) is 65.8 Å². The maximum absolute atomic E-state index is 12.7. The van der Waals surface area contributed by atoms with E-state index in [0.717, 1.165) is 22.7 Å². The summed E-state index contributed by atoms with van der Waals surface area (Å²) in [5.74, 6) is -0.421. The predicted octanol–water partition coefficient (Wildman–Crippen LogP) is 3.15. The lowest BCUT2D eigenvalue weighted by Crippen LogP contribution is -2.28. The van der Waals surface area contributed by atoms with Crippen LogP contribution in [0.2, 0.25) is 0 Å². The molecule has 2 aromatic carbocycles. The van der Waals surface area contributed by atoms with E-state index in [1.165, 1.54) is 6.21 Å². The maximum atomic E-state index is 12.7. The SMILES string of the molecule is Cc1ccccc1NC(=O)COc1cccc(C=NN2C(=O)[C@@H]3[C@H](C2=O)[C@H]2C=C[C@H]3C2)c1. The molecule has 3 amide bonds. The molecule has 7 nitrogen and oxygen atoms in total. The molecular formula is C25H23N3O4. The molecule has 1 N–H and O–H groups in total. The van der Waals surface area contributed by atoms with Gasteiger partial charge in [0.2, 0.25) is 0 Å². The quantitative estimate of drug-likeness (QED) is 0.434. The summed E-state index contributed by atoms with van der Waals surface area (Å²) in [6, 6.07) is 14.5. The van der Waals surface area contributed by atoms with Crippen LogP contribution in [0, 0.1) is 30.6 Å². The number of nitrogens with one attached hydrogen (secondary N) is 1. The van der Waals surface area contributed by atoms with Crippen molar-refractivity contribution in [2.45, 2.75) is 13.3 Å². The topological polar surface area (TPSA) is 88.1 Å². The summed E-state index contributed by atoms with van der Waals surface area (Å²) >= 11 is 0. The third-order valence-electron chi connectivity index (χ3n) is 6.42. The van der Waals surface area contributed by atoms with E-state index < -0.39 is 0 Å². The highest BCUT2D eigenvalue weighted by Crippen LogP contribution is 2.52. The lowest BCUT2D eigenvalue weighted by atomic mass is 9.85. The summed E-state index contributed by atoms with van der Waals surface area (Å²) in [4.78, 5) is 37.6. The minimum atomic E-state index is -0.268. The van der Waals surface area contributed by atoms with Gasteiger partial charge in [0.1, 0.15) is 5.75 Å². The number of fused-ring (bicyclic) bond motifs is 5. The molecule has 2 fully saturated rings. The number of benzene rings is 2. The van der Waals surface area contributed by atoms with Gasteiger partial charge < -0.3 is 10.1 Å². The van der Waals surface area contributed by atoms with Crippen LogP contribution < -0.4 is 10.1 Å². The Bertz CT molecular complexity index is 1130. The van der Waals surface area contributed by atoms with Crippen LogP contribution in [0.25, 0.3) is 0 Å². The molecule has 2 aliphatic carbocycles. The fourth-order valence-electron chi connectivity index (χ4n) is 4.86. The zero-order valence-corrected chi connectivity index (χ0v) is 17.6. The highest BCUT2D eigenvalue weighted by molar-refractivity contribution is 6.06. The van der Waals surface area contributed by atoms with Gasteiger partial charge in [0, 0.05) is 5.69 Å². The number of carbonyl (C=O) groups is 3. The molecule has 2 aromatic rings. The molecule has 2 bridgehead atoms. The molecular weight excluding hydrogens is 406 g/mol. The number of allylic oxidation sites excluding steroid dienone is 2. The number of para-hydroxylation sites is 1. The van der Waals surface area contributed by atoms with E-state index in [9.17, 15) is 14.4 Å². The number of ether oxygens (including phenoxy) is 1. The molecule has 0 aromatic heterocycles. The Hall–Kier alpha value is -3.74. The molecule has 32 heavy (non-hydrogen) atoms. The monoisotopic (exact) mass is 429 g/mol. The standard InChI is InChI=1S/C25H23N3O4/c1-15-5-2-3-8-20(15)27-21(29)14-32-19-7-4-6-16(11-19)13-26-28-24(30)22-17-9-10-18(12-17)23(22)25(28)31/h2-11,13,17-18,22-23H,12,14H2,1H3,(H,27,29)/t17-,18-,22-,23+/m0/s1. The Labute approximate surface area is 185 Å². The Kier molecular flexibility index (Phi) is 5.09. The second kappa shape index (κ2) is 8.07. The number of imide groups is 1. The Morgan fingerprint density at radius 3 is 2.53 bits per heavy atom. The number of carbonyl (C=O) groups excluding carboxylic acids is 3. The van der Waals surface area contributed by atoms with Crippen molar-refractivity contribution >= 4 is 29.6 Å². The van der Waals surface area contributed by atoms with Crippen molar-refractivity contribution in [2.75, 3.05) is 11.9 Å². The first kappa shape index (κ1) is 20.2. The van der Waals surface area contributed by atoms with Crippen LogP contribution in [-0.4, -0.2) is 35.6 Å². The van der Waals surface area contributed by atoms with Gasteiger partial charge in [-0.15, -0.1) is 0 Å². The number of hydrogen-bond acceptors (Lipinski definition) is 5. The van der Waals surface area contributed by atoms with Crippen molar-refractivity contribution in [3.05, 3.63) is 71.8 Å². The first-order valence-corrected chi connectivity index (χ1v) is 10.7. The largest absolute Gasteiger partial charge is 0.484 e. The van der Waals surface area contributed by atoms with Crippen LogP contribution in [0.4, 0.5) is 5.69 Å². The number of nitrogens with zero attached hydrogens (tertiary/aromatic N) is 2. The van der Waals surface area contributed by atoms with E-state index in [1.807, 2.05) is 31.2 Å². The number of anilines is 1. The van der Waals surface area contributed by atoms with Crippen LogP contribution in [0.5, 0.6) is 5.75 Å². The van der Waals surface area contributed by atoms with Gasteiger partial charge in [-0.1, -0.05) is 42.5 Å². The molecule has 1 saturated carbocycles. The Balaban J connectivity index is 1.21. The summed E-state index contributed by atoms with van der Waals surface area (Å²) in [5, 5.41) is 8.02. The minimum Gasteiger partial charge on any atom is -0.484 e. The molecule has 0 unspecified atom stereocenters. The highest BCUT2D eigenvalue weighted by Gasteiger charge is 2.59. The van der Waals surface area contributed by atoms with Crippen molar-refractivity contribution in [1.82, 2.24) is 5.01 Å². The van der Waals surface area contributed by atoms with Crippen LogP contribution >= 0.6 is 0 Å². The molecule has 1 aliphatic heterocycles. The molecule has 1 heterocycles. The lowest BCUT2D eigenvalue weighted by Gasteiger charge is -2.13. The molecule has 0 spiro atoms. The van der Waals surface area contributed by atoms with Crippen molar-refractivity contribution in [3.63, 3.8) is 0 Å². The van der Waals surface area contributed by atoms with E-state index >= 15 is 0 Å². The number of hydrazone groups is 1. The molecule has 1 saturated heterocycles. The molecule has 4 atom stereocenters. The van der Waals surface area contributed by atoms with Gasteiger partial charge in [-0.2, -0.15) is 10.1 Å². The number of hydrogen-bond donors (Lipinski definition) is 1. The number of rotatable bonds is 6. The number of amides is 3. The normalized spacial score (nSPS) is 25.6. The first-order valence-electron chi connectivity index (χ1n) is 10.7. The maximum Gasteiger partial charge on any atom is 0.262 e. The fourth-order valence-corrected chi connectivity index (χ4v) is 4.86. The highest BCUT2D eigenvalue weighted by atomic mass is 16.5. The lowest BCUT2D eigenvalue weighted by molar-refractivity contribution is -0.140. The summed E-state index contributed by atoms with van der Waals surface area (Å²) in [5.41, 5.74) is 2.38. The van der Waals surface area contributed by atoms with Crippen molar-refractivity contribution in [3.8, 4) is 5.75 Å². The van der Waals surface area contributed by atoms with Gasteiger partial charge in [-0.25, -0.2) is 0 Å². The fraction of sp³-hybridized carbons (Fsp3) is 0.280. The number of aryl methyl sites for hydroxylation is 1. The summed E-state index contributed by atoms with van der Waals surface area (Å²) in [6.07, 6.45) is 6.48. The van der Waals surface area contributed by atoms with Crippen LogP contribution in [-0.2, 0) is 14.4 Å². The van der Waals surface area contributed by atoms with E-state index in [1.54, 1.807) is 24.3 Å². The van der Waals surface area contributed by atoms with E-state index in [4.69, 9.17) is 4.74 Å². The molecule has 0 radical (unpaired) electrons. The third-order valence-corrected chi connectivity index (χ3v) is 6.42. The van der Waals surface area contributed by atoms with Crippen LogP contribution in [0.3, 0.4) is 0 Å². The zero-order valence-electron chi connectivity index (χ0n) is 17.6. The Morgan fingerprint density at radius 2 is 1.81 bits per heavy atom. The van der Waals surface area contributed by atoms with Gasteiger partial charge in [-0.3, -0.25) is 14.4 Å². The summed E-state index contributed by atoms with van der Waals surface area (Å²) in [6.45, 7) is 1.78. The van der Waals surface area contributed by atoms with Gasteiger partial charge in [0.15, 0.2) is 6.61 Å². The smallest absolute Gasteiger partial charge is 0.262 e. The zero-order chi connectivity index (χ0) is 22.2. The Morgan fingerprint density at radius 1 is 1.09 bits per heavy atom. The average molecular weight is 429 g/mol. The molecule has 162 valence electrons. The van der Waals surface area contributed by atoms with Crippen LogP contribution in [0.1, 0.15) is 17.5 Å². The minimum absolute atomic E-state index is 0.142. The van der Waals surface area contributed by atoms with Gasteiger partial charge in [0.25, 0.3) is 17.7 Å². The van der Waals surface area contributed by atoms with E-state index in [2.05, 4.69) is 22.6 Å². The van der Waals surface area contributed by atoms with Crippen molar-refractivity contribution in [1.29, 1.82) is 0 Å². The molecule has 5 rings (SSSR count). The van der Waals surface area contributed by atoms with E-state index in [-0.39, 0.29) is 48.0 Å². The summed E-state index contributed by atoms with van der Waals surface area (Å²) in [7, 11) is 0. The third kappa shape index (κ3) is 3.60. The molecule has 7 heteroatoms. The first-order chi connectivity index (χ1) is 15.5. The molecule has 3 aliphatic rings. The second-order valence-corrected chi connectivity index (χ2v) is 8.46. The van der Waals surface area contributed by atoms with Crippen molar-refractivity contribution in [2.24, 2.45) is 28.8 Å². The van der Waals surface area contributed by atoms with Gasteiger partial charge in [0.05, 0.1) is 18.1 Å². The van der Waals surface area contributed by atoms with Gasteiger partial charge in [-0.05, 0) is 54.5 Å². The van der Waals surface area contributed by atoms with Gasteiger partial charge >= 0.3 is 0 Å². The van der Waals surface area contributed by atoms with Crippen molar-refractivity contribution < 1.29 is 19.1 Å². The second-order valence-electron chi connectivity index (χ2n) is 8.46. The summed E-state index contributed by atoms with van der Waals surface area (Å²) < 4.78 is 5.60.